The number of hydrogen-bond donors (Lipinski definition) is 1. The Morgan fingerprint density at radius 3 is 2.02 bits per heavy atom. The predicted molar refractivity (Wildman–Crippen MR) is 199 cm³/mol. The molecule has 0 fully saturated rings. The Kier molecular flexibility index (Phi) is 5.90. The van der Waals surface area contributed by atoms with Crippen molar-refractivity contribution < 1.29 is 0 Å². The molecule has 4 heteroatoms. The molecule has 10 rings (SSSR count). The number of anilines is 1. The van der Waals surface area contributed by atoms with Gasteiger partial charge in [0.05, 0.1) is 33.8 Å². The van der Waals surface area contributed by atoms with Gasteiger partial charge in [-0.3, -0.25) is 9.97 Å². The molecule has 1 unspecified atom stereocenters. The summed E-state index contributed by atoms with van der Waals surface area (Å²) in [4.78, 5) is 14.5. The fourth-order valence-electron chi connectivity index (χ4n) is 7.50. The maximum Gasteiger partial charge on any atom is 0.0978 e. The lowest BCUT2D eigenvalue weighted by Crippen LogP contribution is -2.26. The third-order valence-electron chi connectivity index (χ3n) is 9.76. The Morgan fingerprint density at radius 1 is 0.521 bits per heavy atom. The van der Waals surface area contributed by atoms with Gasteiger partial charge in [-0.2, -0.15) is 0 Å². The summed E-state index contributed by atoms with van der Waals surface area (Å²) in [5.74, 6) is 0. The molecule has 224 valence electrons. The zero-order valence-corrected chi connectivity index (χ0v) is 25.9. The molecule has 1 aliphatic carbocycles. The molecule has 3 aromatic heterocycles. The van der Waals surface area contributed by atoms with E-state index in [4.69, 9.17) is 15.0 Å². The highest BCUT2D eigenvalue weighted by atomic mass is 14.9. The molecule has 2 aliphatic rings. The summed E-state index contributed by atoms with van der Waals surface area (Å²) in [6.45, 7) is 0. The highest BCUT2D eigenvalue weighted by molar-refractivity contribution is 6.16. The smallest absolute Gasteiger partial charge is 0.0978 e. The van der Waals surface area contributed by atoms with Crippen LogP contribution in [0.4, 0.5) is 5.69 Å². The molecule has 0 bridgehead atoms. The van der Waals surface area contributed by atoms with Gasteiger partial charge < -0.3 is 5.32 Å². The van der Waals surface area contributed by atoms with Gasteiger partial charge in [0.25, 0.3) is 0 Å². The van der Waals surface area contributed by atoms with E-state index in [0.717, 1.165) is 54.9 Å². The Bertz CT molecular complexity index is 2680. The van der Waals surface area contributed by atoms with Gasteiger partial charge in [-0.1, -0.05) is 127 Å². The number of para-hydroxylation sites is 1. The van der Waals surface area contributed by atoms with Gasteiger partial charge in [-0.05, 0) is 51.6 Å². The number of nitrogens with zero attached hydrogens (tertiary/aromatic N) is 3. The van der Waals surface area contributed by atoms with E-state index in [1.54, 1.807) is 0 Å². The highest BCUT2D eigenvalue weighted by Crippen LogP contribution is 2.43. The van der Waals surface area contributed by atoms with Crippen LogP contribution in [0.25, 0.3) is 71.4 Å². The van der Waals surface area contributed by atoms with Crippen LogP contribution in [0.5, 0.6) is 0 Å². The lowest BCUT2D eigenvalue weighted by molar-refractivity contribution is 1.03. The third-order valence-corrected chi connectivity index (χ3v) is 9.76. The maximum atomic E-state index is 5.08. The quantitative estimate of drug-likeness (QED) is 0.159. The molecule has 1 N–H and O–H groups in total. The number of allylic oxidation sites excluding steroid dienone is 2. The van der Waals surface area contributed by atoms with Gasteiger partial charge in [0.1, 0.15) is 0 Å². The summed E-state index contributed by atoms with van der Waals surface area (Å²) in [6.07, 6.45) is 12.4. The molecule has 1 aliphatic heterocycles. The molecule has 4 heterocycles. The van der Waals surface area contributed by atoms with Crippen molar-refractivity contribution in [2.24, 2.45) is 0 Å². The zero-order chi connectivity index (χ0) is 31.6. The largest absolute Gasteiger partial charge is 0.372 e. The number of aromatic nitrogens is 3. The summed E-state index contributed by atoms with van der Waals surface area (Å²) in [5.41, 5.74) is 14.6. The lowest BCUT2D eigenvalue weighted by Gasteiger charge is -2.31. The number of hydrogen-bond acceptors (Lipinski definition) is 4. The Morgan fingerprint density at radius 2 is 1.21 bits per heavy atom. The van der Waals surface area contributed by atoms with Gasteiger partial charge in [0.15, 0.2) is 0 Å². The topological polar surface area (TPSA) is 50.7 Å². The first-order valence-electron chi connectivity index (χ1n) is 16.3. The van der Waals surface area contributed by atoms with Gasteiger partial charge >= 0.3 is 0 Å². The summed E-state index contributed by atoms with van der Waals surface area (Å²) in [7, 11) is 0. The minimum Gasteiger partial charge on any atom is -0.372 e. The first kappa shape index (κ1) is 26.8. The van der Waals surface area contributed by atoms with E-state index in [0.29, 0.717) is 0 Å². The summed E-state index contributed by atoms with van der Waals surface area (Å²) in [5, 5.41) is 8.25. The van der Waals surface area contributed by atoms with E-state index < -0.39 is 0 Å². The van der Waals surface area contributed by atoms with Crippen LogP contribution >= 0.6 is 0 Å². The molecule has 48 heavy (non-hydrogen) atoms. The second kappa shape index (κ2) is 10.6. The summed E-state index contributed by atoms with van der Waals surface area (Å²) >= 11 is 0. The van der Waals surface area contributed by atoms with Crippen LogP contribution in [0, 0.1) is 0 Å². The van der Waals surface area contributed by atoms with E-state index >= 15 is 0 Å². The normalized spacial score (nSPS) is 15.2. The average Bonchev–Trinajstić information content (AvgIpc) is 3.16. The standard InChI is InChI=1S/C44H28N4/c1-3-11-37-33(9-1)39(35-23-21-31-7-5-25-45-41(31)43(35)47-37)29-17-13-27(14-18-29)28-15-19-30(20-16-28)40-34-10-2-4-12-38(34)48-44-36(40)24-22-32-8-6-26-46-42(32)44/h1-26,37,47H. The van der Waals surface area contributed by atoms with Crippen LogP contribution in [0.15, 0.2) is 164 Å². The molecule has 0 amide bonds. The molecule has 4 nitrogen and oxygen atoms in total. The van der Waals surface area contributed by atoms with Crippen molar-refractivity contribution in [1.29, 1.82) is 0 Å². The monoisotopic (exact) mass is 612 g/mol. The molecule has 0 radical (unpaired) electrons. The lowest BCUT2D eigenvalue weighted by atomic mass is 9.83. The minimum absolute atomic E-state index is 0.103. The van der Waals surface area contributed by atoms with Crippen molar-refractivity contribution in [3.63, 3.8) is 0 Å². The van der Waals surface area contributed by atoms with Crippen molar-refractivity contribution in [2.45, 2.75) is 6.04 Å². The van der Waals surface area contributed by atoms with Crippen LogP contribution in [0.2, 0.25) is 0 Å². The number of fused-ring (bicyclic) bond motifs is 8. The molecule has 0 spiro atoms. The number of benzene rings is 5. The molecular formula is C44H28N4. The summed E-state index contributed by atoms with van der Waals surface area (Å²) < 4.78 is 0. The van der Waals surface area contributed by atoms with Gasteiger partial charge in [-0.25, -0.2) is 4.98 Å². The van der Waals surface area contributed by atoms with Gasteiger partial charge in [0, 0.05) is 45.1 Å². The minimum atomic E-state index is 0.103. The van der Waals surface area contributed by atoms with E-state index in [9.17, 15) is 0 Å². The Hall–Kier alpha value is -6.39. The molecule has 8 aromatic rings. The van der Waals surface area contributed by atoms with Crippen molar-refractivity contribution in [3.8, 4) is 22.3 Å². The van der Waals surface area contributed by atoms with Crippen LogP contribution in [-0.2, 0) is 0 Å². The van der Waals surface area contributed by atoms with E-state index in [2.05, 4.69) is 139 Å². The van der Waals surface area contributed by atoms with Crippen molar-refractivity contribution >= 4 is 54.9 Å². The number of rotatable bonds is 3. The van der Waals surface area contributed by atoms with Crippen molar-refractivity contribution in [3.05, 3.63) is 175 Å². The molecule has 0 saturated heterocycles. The maximum absolute atomic E-state index is 5.08. The van der Waals surface area contributed by atoms with Gasteiger partial charge in [-0.15, -0.1) is 0 Å². The van der Waals surface area contributed by atoms with E-state index in [1.807, 2.05) is 24.5 Å². The van der Waals surface area contributed by atoms with E-state index in [-0.39, 0.29) is 6.04 Å². The molecular weight excluding hydrogens is 585 g/mol. The highest BCUT2D eigenvalue weighted by Gasteiger charge is 2.27. The number of pyridine rings is 3. The van der Waals surface area contributed by atoms with Crippen molar-refractivity contribution in [2.75, 3.05) is 5.32 Å². The average molecular weight is 613 g/mol. The third kappa shape index (κ3) is 4.13. The first-order chi connectivity index (χ1) is 23.8. The van der Waals surface area contributed by atoms with Crippen molar-refractivity contribution in [1.82, 2.24) is 15.0 Å². The predicted octanol–water partition coefficient (Wildman–Crippen LogP) is 10.5. The second-order valence-electron chi connectivity index (χ2n) is 12.5. The van der Waals surface area contributed by atoms with Gasteiger partial charge in [0.2, 0.25) is 0 Å². The fourth-order valence-corrected chi connectivity index (χ4v) is 7.50. The second-order valence-corrected chi connectivity index (χ2v) is 12.5. The van der Waals surface area contributed by atoms with Crippen LogP contribution in [-0.4, -0.2) is 21.0 Å². The molecule has 1 atom stereocenters. The van der Waals surface area contributed by atoms with Crippen LogP contribution in [0.3, 0.4) is 0 Å². The first-order valence-corrected chi connectivity index (χ1v) is 16.3. The zero-order valence-electron chi connectivity index (χ0n) is 25.9. The number of nitrogens with one attached hydrogen (secondary N) is 1. The fraction of sp³-hybridized carbons (Fsp3) is 0.0227. The summed E-state index contributed by atoms with van der Waals surface area (Å²) in [6, 6.07) is 43.4. The Labute approximate surface area is 277 Å². The van der Waals surface area contributed by atoms with Crippen LogP contribution < -0.4 is 5.32 Å². The molecule has 0 saturated carbocycles. The Balaban J connectivity index is 1.06. The van der Waals surface area contributed by atoms with Crippen LogP contribution in [0.1, 0.15) is 11.1 Å². The SMILES string of the molecule is C1=CC2=C(c3ccc(-c4ccc(-c5c6ccccc6nc6c5ccc5cccnc56)cc4)cc3)c3ccc4cccnc4c3NC2C=C1. The van der Waals surface area contributed by atoms with E-state index in [1.165, 1.54) is 39.0 Å². The molecule has 5 aromatic carbocycles.